The van der Waals surface area contributed by atoms with Crippen molar-refractivity contribution in [1.82, 2.24) is 9.80 Å². The summed E-state index contributed by atoms with van der Waals surface area (Å²) in [6.45, 7) is 7.55. The van der Waals surface area contributed by atoms with Crippen molar-refractivity contribution < 1.29 is 4.79 Å². The first-order chi connectivity index (χ1) is 14.2. The largest absolute Gasteiger partial charge is 0.369 e. The number of carbonyl (C=O) groups excluding carboxylic acids is 1. The summed E-state index contributed by atoms with van der Waals surface area (Å²) in [7, 11) is 0. The summed E-state index contributed by atoms with van der Waals surface area (Å²) in [5.41, 5.74) is 4.67. The van der Waals surface area contributed by atoms with Gasteiger partial charge in [-0.2, -0.15) is 5.26 Å². The summed E-state index contributed by atoms with van der Waals surface area (Å²) in [5, 5.41) is 8.64. The number of rotatable bonds is 6. The molecule has 2 saturated heterocycles. The number of halogens is 2. The third-order valence-corrected chi connectivity index (χ3v) is 7.11. The van der Waals surface area contributed by atoms with Crippen LogP contribution in [0.4, 0.5) is 5.69 Å². The fourth-order valence-electron chi connectivity index (χ4n) is 5.27. The first-order valence-corrected chi connectivity index (χ1v) is 11.5. The minimum Gasteiger partial charge on any atom is -0.369 e. The van der Waals surface area contributed by atoms with E-state index in [1.54, 1.807) is 11.1 Å². The van der Waals surface area contributed by atoms with Crippen LogP contribution < -0.4 is 4.90 Å². The predicted octanol–water partition coefficient (Wildman–Crippen LogP) is 4.07. The molecule has 2 fully saturated rings. The van der Waals surface area contributed by atoms with E-state index in [9.17, 15) is 4.79 Å². The summed E-state index contributed by atoms with van der Waals surface area (Å²) in [5.74, 6) is 0.902. The monoisotopic (exact) mass is 466 g/mol. The van der Waals surface area contributed by atoms with Crippen molar-refractivity contribution in [3.05, 3.63) is 29.3 Å². The van der Waals surface area contributed by atoms with E-state index in [0.29, 0.717) is 12.8 Å². The average molecular weight is 467 g/mol. The van der Waals surface area contributed by atoms with Crippen molar-refractivity contribution in [1.29, 1.82) is 5.26 Å². The van der Waals surface area contributed by atoms with E-state index < -0.39 is 0 Å². The van der Waals surface area contributed by atoms with Crippen molar-refractivity contribution in [3.63, 3.8) is 0 Å². The van der Waals surface area contributed by atoms with Gasteiger partial charge in [-0.25, -0.2) is 0 Å². The second-order valence-corrected chi connectivity index (χ2v) is 8.87. The Balaban J connectivity index is 0.00000171. The number of anilines is 1. The number of hydrogen-bond acceptors (Lipinski definition) is 4. The normalized spacial score (nSPS) is 19.2. The van der Waals surface area contributed by atoms with Crippen LogP contribution >= 0.6 is 24.8 Å². The molecule has 0 saturated carbocycles. The zero-order valence-corrected chi connectivity index (χ0v) is 20.1. The van der Waals surface area contributed by atoms with Gasteiger partial charge in [0.15, 0.2) is 0 Å². The highest BCUT2D eigenvalue weighted by Crippen LogP contribution is 2.32. The molecular formula is C24H36Cl2N4O. The Labute approximate surface area is 199 Å². The van der Waals surface area contributed by atoms with Gasteiger partial charge < -0.3 is 9.80 Å². The van der Waals surface area contributed by atoms with Crippen LogP contribution in [0.3, 0.4) is 0 Å². The third kappa shape index (κ3) is 6.51. The van der Waals surface area contributed by atoms with E-state index in [0.717, 1.165) is 58.0 Å². The second-order valence-electron chi connectivity index (χ2n) is 8.87. The predicted molar refractivity (Wildman–Crippen MR) is 130 cm³/mol. The Kier molecular flexibility index (Phi) is 10.4. The van der Waals surface area contributed by atoms with Crippen LogP contribution in [-0.2, 0) is 17.6 Å². The molecule has 0 radical (unpaired) electrons. The lowest BCUT2D eigenvalue weighted by Crippen LogP contribution is -2.47. The van der Waals surface area contributed by atoms with Crippen LogP contribution in [0.2, 0.25) is 0 Å². The van der Waals surface area contributed by atoms with E-state index in [2.05, 4.69) is 34.1 Å². The second kappa shape index (κ2) is 12.5. The standard InChI is InChI=1S/C24H34N4O.2ClH/c25-12-3-8-24(29)28-14-10-20(11-15-28)9-13-26-16-18-27(19-17-26)23-7-2-5-21-4-1-6-22(21)23;;/h2,5,7,20H,1,3-4,6,8-11,13-19H2;2*1H. The lowest BCUT2D eigenvalue weighted by Gasteiger charge is -2.38. The van der Waals surface area contributed by atoms with E-state index >= 15 is 0 Å². The Bertz CT molecular complexity index is 750. The number of hydrogen-bond donors (Lipinski definition) is 0. The molecule has 5 nitrogen and oxygen atoms in total. The van der Waals surface area contributed by atoms with Crippen molar-refractivity contribution in [3.8, 4) is 6.07 Å². The van der Waals surface area contributed by atoms with E-state index in [1.807, 2.05) is 4.90 Å². The van der Waals surface area contributed by atoms with E-state index in [1.165, 1.54) is 37.9 Å². The third-order valence-electron chi connectivity index (χ3n) is 7.11. The number of aryl methyl sites for hydroxylation is 1. The lowest BCUT2D eigenvalue weighted by atomic mass is 9.93. The maximum absolute atomic E-state index is 12.0. The van der Waals surface area contributed by atoms with Gasteiger partial charge in [0.1, 0.15) is 0 Å². The van der Waals surface area contributed by atoms with Crippen LogP contribution in [0.5, 0.6) is 0 Å². The molecule has 2 heterocycles. The zero-order chi connectivity index (χ0) is 20.1. The molecule has 1 aromatic rings. The highest BCUT2D eigenvalue weighted by molar-refractivity contribution is 5.85. The van der Waals surface area contributed by atoms with Gasteiger partial charge in [-0.3, -0.25) is 9.69 Å². The van der Waals surface area contributed by atoms with E-state index in [4.69, 9.17) is 5.26 Å². The molecule has 31 heavy (non-hydrogen) atoms. The highest BCUT2D eigenvalue weighted by atomic mass is 35.5. The number of likely N-dealkylation sites (tertiary alicyclic amines) is 1. The first-order valence-electron chi connectivity index (χ1n) is 11.5. The van der Waals surface area contributed by atoms with Crippen LogP contribution in [0, 0.1) is 17.2 Å². The fraction of sp³-hybridized carbons (Fsp3) is 0.667. The Hall–Kier alpha value is -1.48. The Morgan fingerprint density at radius 3 is 2.48 bits per heavy atom. The van der Waals surface area contributed by atoms with Gasteiger partial charge in [-0.15, -0.1) is 24.8 Å². The van der Waals surface area contributed by atoms with Crippen molar-refractivity contribution in [2.75, 3.05) is 50.7 Å². The van der Waals surface area contributed by atoms with Crippen molar-refractivity contribution in [2.24, 2.45) is 5.92 Å². The molecular weight excluding hydrogens is 431 g/mol. The van der Waals surface area contributed by atoms with Gasteiger partial charge in [0.25, 0.3) is 0 Å². The molecule has 7 heteroatoms. The van der Waals surface area contributed by atoms with Gasteiger partial charge in [-0.05, 0) is 68.2 Å². The number of nitrogens with zero attached hydrogens (tertiary/aromatic N) is 4. The molecule has 4 rings (SSSR count). The highest BCUT2D eigenvalue weighted by Gasteiger charge is 2.25. The smallest absolute Gasteiger partial charge is 0.223 e. The number of benzene rings is 1. The maximum atomic E-state index is 12.0. The van der Waals surface area contributed by atoms with Gasteiger partial charge in [-0.1, -0.05) is 12.1 Å². The first kappa shape index (κ1) is 25.8. The summed E-state index contributed by atoms with van der Waals surface area (Å²) in [6, 6.07) is 8.95. The number of fused-ring (bicyclic) bond motifs is 1. The van der Waals surface area contributed by atoms with Crippen molar-refractivity contribution in [2.45, 2.75) is 51.4 Å². The van der Waals surface area contributed by atoms with Crippen LogP contribution in [0.15, 0.2) is 18.2 Å². The summed E-state index contributed by atoms with van der Waals surface area (Å²) in [6.07, 6.45) is 8.04. The zero-order valence-electron chi connectivity index (χ0n) is 18.4. The lowest BCUT2D eigenvalue weighted by molar-refractivity contribution is -0.132. The van der Waals surface area contributed by atoms with Gasteiger partial charge >= 0.3 is 0 Å². The molecule has 0 unspecified atom stereocenters. The molecule has 0 N–H and O–H groups in total. The molecule has 1 aliphatic carbocycles. The number of carbonyl (C=O) groups is 1. The van der Waals surface area contributed by atoms with Crippen LogP contribution in [-0.4, -0.2) is 61.5 Å². The molecule has 0 aromatic heterocycles. The molecule has 0 bridgehead atoms. The number of amides is 1. The number of piperidine rings is 1. The van der Waals surface area contributed by atoms with Gasteiger partial charge in [0, 0.05) is 57.8 Å². The fourth-order valence-corrected chi connectivity index (χ4v) is 5.27. The molecule has 172 valence electrons. The Morgan fingerprint density at radius 1 is 1.03 bits per heavy atom. The molecule has 1 amide bonds. The summed E-state index contributed by atoms with van der Waals surface area (Å²) in [4.78, 5) is 19.2. The van der Waals surface area contributed by atoms with Gasteiger partial charge in [0.05, 0.1) is 6.07 Å². The Morgan fingerprint density at radius 2 is 1.77 bits per heavy atom. The topological polar surface area (TPSA) is 50.6 Å². The maximum Gasteiger partial charge on any atom is 0.223 e. The van der Waals surface area contributed by atoms with E-state index in [-0.39, 0.29) is 30.7 Å². The van der Waals surface area contributed by atoms with Crippen molar-refractivity contribution >= 4 is 36.4 Å². The SMILES string of the molecule is Cl.Cl.N#CCCC(=O)N1CCC(CCN2CCN(c3cccc4c3CCC4)CC2)CC1. The quantitative estimate of drug-likeness (QED) is 0.633. The number of nitriles is 1. The van der Waals surface area contributed by atoms with Crippen LogP contribution in [0.1, 0.15) is 49.7 Å². The molecule has 3 aliphatic rings. The van der Waals surface area contributed by atoms with Crippen LogP contribution in [0.25, 0.3) is 0 Å². The minimum absolute atomic E-state index is 0. The molecule has 0 spiro atoms. The molecule has 0 atom stereocenters. The van der Waals surface area contributed by atoms with Gasteiger partial charge in [0.2, 0.25) is 5.91 Å². The minimum atomic E-state index is 0. The summed E-state index contributed by atoms with van der Waals surface area (Å²) < 4.78 is 0. The average Bonchev–Trinajstić information content (AvgIpc) is 3.26. The summed E-state index contributed by atoms with van der Waals surface area (Å²) >= 11 is 0. The molecule has 2 aliphatic heterocycles. The molecule has 1 aromatic carbocycles. The number of piperazine rings is 1.